The summed E-state index contributed by atoms with van der Waals surface area (Å²) in [5, 5.41) is 8.45. The Balaban J connectivity index is 2.60. The van der Waals surface area contributed by atoms with Gasteiger partial charge in [-0.1, -0.05) is 40.0 Å². The number of nitrogens with two attached hydrogens (primary N) is 1. The number of hydrogen-bond acceptors (Lipinski definition) is 3. The summed E-state index contributed by atoms with van der Waals surface area (Å²) in [6, 6.07) is 0. The van der Waals surface area contributed by atoms with Crippen LogP contribution < -0.4 is 5.73 Å². The van der Waals surface area contributed by atoms with Gasteiger partial charge in [-0.05, 0) is 12.3 Å². The van der Waals surface area contributed by atoms with Crippen molar-refractivity contribution in [3.05, 3.63) is 11.6 Å². The molecule has 0 aromatic carbocycles. The lowest BCUT2D eigenvalue weighted by molar-refractivity contribution is 0.487. The van der Waals surface area contributed by atoms with Gasteiger partial charge in [0, 0.05) is 13.0 Å². The van der Waals surface area contributed by atoms with Crippen LogP contribution in [0, 0.1) is 5.92 Å². The lowest BCUT2D eigenvalue weighted by atomic mass is 10.1. The van der Waals surface area contributed by atoms with Crippen molar-refractivity contribution in [2.75, 3.05) is 0 Å². The molecule has 1 aromatic heterocycles. The van der Waals surface area contributed by atoms with E-state index in [1.54, 1.807) is 0 Å². The number of aromatic nitrogens is 3. The van der Waals surface area contributed by atoms with Crippen molar-refractivity contribution in [3.8, 4) is 0 Å². The Hall–Kier alpha value is -0.900. The van der Waals surface area contributed by atoms with Crippen molar-refractivity contribution >= 4 is 0 Å². The van der Waals surface area contributed by atoms with E-state index in [4.69, 9.17) is 5.73 Å². The zero-order chi connectivity index (χ0) is 12.7. The first-order valence-electron chi connectivity index (χ1n) is 6.80. The quantitative estimate of drug-likeness (QED) is 0.708. The number of aryl methyl sites for hydroxylation is 1. The molecule has 0 radical (unpaired) electrons. The first-order chi connectivity index (χ1) is 8.19. The molecule has 0 unspecified atom stereocenters. The van der Waals surface area contributed by atoms with Gasteiger partial charge in [0.15, 0.2) is 0 Å². The van der Waals surface area contributed by atoms with Gasteiger partial charge >= 0.3 is 0 Å². The maximum Gasteiger partial charge on any atom is 0.146 e. The fraction of sp³-hybridized carbons (Fsp3) is 0.846. The molecular weight excluding hydrogens is 212 g/mol. The summed E-state index contributed by atoms with van der Waals surface area (Å²) in [6.45, 7) is 8.10. The number of nitrogens with zero attached hydrogens (tertiary/aromatic N) is 3. The van der Waals surface area contributed by atoms with Crippen molar-refractivity contribution in [1.29, 1.82) is 0 Å². The summed E-state index contributed by atoms with van der Waals surface area (Å²) in [5.41, 5.74) is 5.69. The van der Waals surface area contributed by atoms with E-state index in [9.17, 15) is 0 Å². The van der Waals surface area contributed by atoms with Crippen LogP contribution in [0.4, 0.5) is 0 Å². The molecule has 0 amide bonds. The molecule has 1 heterocycles. The number of rotatable bonds is 8. The van der Waals surface area contributed by atoms with Crippen molar-refractivity contribution < 1.29 is 0 Å². The normalized spacial score (nSPS) is 11.4. The zero-order valence-corrected chi connectivity index (χ0v) is 11.4. The molecule has 0 aliphatic carbocycles. The largest absolute Gasteiger partial charge is 0.324 e. The summed E-state index contributed by atoms with van der Waals surface area (Å²) >= 11 is 0. The molecule has 17 heavy (non-hydrogen) atoms. The van der Waals surface area contributed by atoms with E-state index >= 15 is 0 Å². The minimum absolute atomic E-state index is 0.481. The molecular formula is C13H26N4. The predicted octanol–water partition coefficient (Wildman–Crippen LogP) is 2.52. The monoisotopic (exact) mass is 238 g/mol. The standard InChI is InChI=1S/C13H26N4/c1-4-5-6-7-8-12-15-16-13(9-14)17(12)10-11(2)3/h11H,4-10,14H2,1-3H3. The first kappa shape index (κ1) is 14.2. The van der Waals surface area contributed by atoms with E-state index < -0.39 is 0 Å². The molecule has 0 spiro atoms. The summed E-state index contributed by atoms with van der Waals surface area (Å²) < 4.78 is 2.20. The van der Waals surface area contributed by atoms with Crippen molar-refractivity contribution in [3.63, 3.8) is 0 Å². The fourth-order valence-electron chi connectivity index (χ4n) is 1.99. The highest BCUT2D eigenvalue weighted by molar-refractivity contribution is 4.96. The van der Waals surface area contributed by atoms with Gasteiger partial charge in [-0.15, -0.1) is 10.2 Å². The Morgan fingerprint density at radius 1 is 1.12 bits per heavy atom. The van der Waals surface area contributed by atoms with Crippen LogP contribution in [0.3, 0.4) is 0 Å². The molecule has 98 valence electrons. The third-order valence-corrected chi connectivity index (χ3v) is 2.89. The molecule has 0 saturated heterocycles. The van der Waals surface area contributed by atoms with Crippen molar-refractivity contribution in [1.82, 2.24) is 14.8 Å². The van der Waals surface area contributed by atoms with E-state index in [0.717, 1.165) is 24.6 Å². The molecule has 0 saturated carbocycles. The number of unbranched alkanes of at least 4 members (excludes halogenated alkanes) is 3. The van der Waals surface area contributed by atoms with Gasteiger partial charge in [0.05, 0.1) is 6.54 Å². The van der Waals surface area contributed by atoms with Crippen LogP contribution in [-0.2, 0) is 19.5 Å². The van der Waals surface area contributed by atoms with Crippen LogP contribution in [-0.4, -0.2) is 14.8 Å². The molecule has 0 aliphatic heterocycles. The predicted molar refractivity (Wildman–Crippen MR) is 70.6 cm³/mol. The molecule has 4 heteroatoms. The van der Waals surface area contributed by atoms with Gasteiger partial charge in [0.2, 0.25) is 0 Å². The van der Waals surface area contributed by atoms with Gasteiger partial charge in [0.1, 0.15) is 11.6 Å². The Kier molecular flexibility index (Phi) is 6.19. The Labute approximate surface area is 105 Å². The Morgan fingerprint density at radius 3 is 2.41 bits per heavy atom. The van der Waals surface area contributed by atoms with Gasteiger partial charge in [-0.25, -0.2) is 0 Å². The van der Waals surface area contributed by atoms with Crippen molar-refractivity contribution in [2.24, 2.45) is 11.7 Å². The van der Waals surface area contributed by atoms with Gasteiger partial charge in [-0.2, -0.15) is 0 Å². The third-order valence-electron chi connectivity index (χ3n) is 2.89. The second-order valence-electron chi connectivity index (χ2n) is 5.05. The van der Waals surface area contributed by atoms with E-state index in [1.807, 2.05) is 0 Å². The molecule has 0 aliphatic rings. The third kappa shape index (κ3) is 4.46. The van der Waals surface area contributed by atoms with Crippen LogP contribution in [0.1, 0.15) is 58.1 Å². The highest BCUT2D eigenvalue weighted by Gasteiger charge is 2.11. The van der Waals surface area contributed by atoms with E-state index in [2.05, 4.69) is 35.5 Å². The summed E-state index contributed by atoms with van der Waals surface area (Å²) in [6.07, 6.45) is 6.09. The molecule has 4 nitrogen and oxygen atoms in total. The minimum atomic E-state index is 0.481. The minimum Gasteiger partial charge on any atom is -0.324 e. The van der Waals surface area contributed by atoms with Crippen LogP contribution in [0.2, 0.25) is 0 Å². The molecule has 0 bridgehead atoms. The fourth-order valence-corrected chi connectivity index (χ4v) is 1.99. The molecule has 0 atom stereocenters. The number of hydrogen-bond donors (Lipinski definition) is 1. The molecule has 0 fully saturated rings. The molecule has 1 aromatic rings. The molecule has 2 N–H and O–H groups in total. The summed E-state index contributed by atoms with van der Waals surface area (Å²) in [4.78, 5) is 0. The van der Waals surface area contributed by atoms with E-state index in [1.165, 1.54) is 25.7 Å². The SMILES string of the molecule is CCCCCCc1nnc(CN)n1CC(C)C. The zero-order valence-electron chi connectivity index (χ0n) is 11.4. The Bertz CT molecular complexity index is 317. The highest BCUT2D eigenvalue weighted by Crippen LogP contribution is 2.10. The highest BCUT2D eigenvalue weighted by atomic mass is 15.3. The van der Waals surface area contributed by atoms with Crippen LogP contribution in [0.15, 0.2) is 0 Å². The lowest BCUT2D eigenvalue weighted by Crippen LogP contribution is -2.14. The summed E-state index contributed by atoms with van der Waals surface area (Å²) in [5.74, 6) is 2.63. The van der Waals surface area contributed by atoms with Crippen LogP contribution in [0.25, 0.3) is 0 Å². The molecule has 1 rings (SSSR count). The maximum atomic E-state index is 5.69. The topological polar surface area (TPSA) is 56.7 Å². The summed E-state index contributed by atoms with van der Waals surface area (Å²) in [7, 11) is 0. The van der Waals surface area contributed by atoms with Crippen LogP contribution >= 0.6 is 0 Å². The first-order valence-corrected chi connectivity index (χ1v) is 6.80. The van der Waals surface area contributed by atoms with Gasteiger partial charge in [-0.3, -0.25) is 0 Å². The second-order valence-corrected chi connectivity index (χ2v) is 5.05. The smallest absolute Gasteiger partial charge is 0.146 e. The van der Waals surface area contributed by atoms with Gasteiger partial charge < -0.3 is 10.3 Å². The average Bonchev–Trinajstić information content (AvgIpc) is 2.66. The second kappa shape index (κ2) is 7.43. The lowest BCUT2D eigenvalue weighted by Gasteiger charge is -2.11. The van der Waals surface area contributed by atoms with Crippen molar-refractivity contribution in [2.45, 2.75) is 66.0 Å². The van der Waals surface area contributed by atoms with Gasteiger partial charge in [0.25, 0.3) is 0 Å². The maximum absolute atomic E-state index is 5.69. The van der Waals surface area contributed by atoms with Crippen LogP contribution in [0.5, 0.6) is 0 Å². The van der Waals surface area contributed by atoms with E-state index in [-0.39, 0.29) is 0 Å². The van der Waals surface area contributed by atoms with E-state index in [0.29, 0.717) is 12.5 Å². The average molecular weight is 238 g/mol. The Morgan fingerprint density at radius 2 is 1.82 bits per heavy atom.